The highest BCUT2D eigenvalue weighted by atomic mass is 35.5. The van der Waals surface area contributed by atoms with Gasteiger partial charge < -0.3 is 24.8 Å². The number of piperidine rings is 1. The van der Waals surface area contributed by atoms with Gasteiger partial charge in [0, 0.05) is 25.2 Å². The molecule has 0 bridgehead atoms. The van der Waals surface area contributed by atoms with Gasteiger partial charge in [0.05, 0.1) is 19.3 Å². The summed E-state index contributed by atoms with van der Waals surface area (Å²) in [5.41, 5.74) is 7.99. The minimum absolute atomic E-state index is 0. The maximum Gasteiger partial charge on any atom is 0.410 e. The third-order valence-electron chi connectivity index (χ3n) is 5.25. The van der Waals surface area contributed by atoms with Gasteiger partial charge in [-0.3, -0.25) is 0 Å². The Hall–Kier alpha value is -2.77. The number of hydrogen-bond acceptors (Lipinski definition) is 6. The molecule has 0 aliphatic carbocycles. The van der Waals surface area contributed by atoms with Crippen molar-refractivity contribution in [1.29, 1.82) is 0 Å². The highest BCUT2D eigenvalue weighted by molar-refractivity contribution is 5.89. The molecule has 2 N–H and O–H groups in total. The Morgan fingerprint density at radius 1 is 1.10 bits per heavy atom. The Morgan fingerprint density at radius 2 is 1.81 bits per heavy atom. The summed E-state index contributed by atoms with van der Waals surface area (Å²) in [6, 6.07) is 14.8. The van der Waals surface area contributed by atoms with Gasteiger partial charge in [-0.05, 0) is 42.5 Å². The molecule has 1 heterocycles. The molecular weight excluding hydrogens is 420 g/mol. The highest BCUT2D eigenvalue weighted by Crippen LogP contribution is 2.24. The fraction of sp³-hybridized carbons (Fsp3) is 0.391. The van der Waals surface area contributed by atoms with E-state index in [4.69, 9.17) is 19.9 Å². The molecule has 31 heavy (non-hydrogen) atoms. The summed E-state index contributed by atoms with van der Waals surface area (Å²) in [4.78, 5) is 25.7. The second-order valence-corrected chi connectivity index (χ2v) is 7.30. The van der Waals surface area contributed by atoms with E-state index in [1.165, 1.54) is 7.11 Å². The molecule has 0 unspecified atom stereocenters. The van der Waals surface area contributed by atoms with E-state index >= 15 is 0 Å². The standard InChI is InChI=1S/C23H28N2O5.ClH/c1-28-22(26)19-7-8-21(20(13-19)14-24)29-15-18-9-11-25(12-10-18)23(27)30-16-17-5-3-2-4-6-17;/h2-8,13,18H,9-12,14-16,24H2,1H3;1H. The quantitative estimate of drug-likeness (QED) is 0.648. The van der Waals surface area contributed by atoms with Gasteiger partial charge in [-0.25, -0.2) is 9.59 Å². The average Bonchev–Trinajstić information content (AvgIpc) is 2.81. The van der Waals surface area contributed by atoms with Crippen LogP contribution in [0.5, 0.6) is 5.75 Å². The fourth-order valence-corrected chi connectivity index (χ4v) is 3.43. The van der Waals surface area contributed by atoms with E-state index in [0.717, 1.165) is 24.0 Å². The van der Waals surface area contributed by atoms with Crippen LogP contribution in [0, 0.1) is 5.92 Å². The molecular formula is C23H29ClN2O5. The van der Waals surface area contributed by atoms with Crippen molar-refractivity contribution >= 4 is 24.5 Å². The number of nitrogens with two attached hydrogens (primary N) is 1. The SMILES string of the molecule is COC(=O)c1ccc(OCC2CCN(C(=O)OCc3ccccc3)CC2)c(CN)c1.Cl. The Labute approximate surface area is 188 Å². The molecule has 0 spiro atoms. The van der Waals surface area contributed by atoms with Crippen molar-refractivity contribution in [2.75, 3.05) is 26.8 Å². The predicted octanol–water partition coefficient (Wildman–Crippen LogP) is 3.78. The molecule has 2 aromatic rings. The Balaban J connectivity index is 0.00000341. The monoisotopic (exact) mass is 448 g/mol. The summed E-state index contributed by atoms with van der Waals surface area (Å²) < 4.78 is 16.1. The van der Waals surface area contributed by atoms with Crippen LogP contribution in [0.4, 0.5) is 4.79 Å². The summed E-state index contributed by atoms with van der Waals surface area (Å²) in [5, 5.41) is 0. The molecule has 8 heteroatoms. The number of ether oxygens (including phenoxy) is 3. The van der Waals surface area contributed by atoms with Crippen molar-refractivity contribution in [3.05, 3.63) is 65.2 Å². The van der Waals surface area contributed by atoms with Crippen molar-refractivity contribution in [2.45, 2.75) is 26.0 Å². The lowest BCUT2D eigenvalue weighted by Gasteiger charge is -2.31. The summed E-state index contributed by atoms with van der Waals surface area (Å²) in [7, 11) is 1.35. The van der Waals surface area contributed by atoms with Gasteiger partial charge in [-0.2, -0.15) is 0 Å². The molecule has 7 nitrogen and oxygen atoms in total. The molecule has 1 aliphatic heterocycles. The number of halogens is 1. The Bertz CT molecular complexity index is 854. The number of nitrogens with zero attached hydrogens (tertiary/aromatic N) is 1. The number of likely N-dealkylation sites (tertiary alicyclic amines) is 1. The lowest BCUT2D eigenvalue weighted by molar-refractivity contribution is 0.0600. The van der Waals surface area contributed by atoms with Gasteiger partial charge in [-0.1, -0.05) is 30.3 Å². The molecule has 1 fully saturated rings. The molecule has 0 radical (unpaired) electrons. The molecule has 168 valence electrons. The predicted molar refractivity (Wildman–Crippen MR) is 119 cm³/mol. The van der Waals surface area contributed by atoms with Crippen molar-refractivity contribution in [3.8, 4) is 5.75 Å². The Morgan fingerprint density at radius 3 is 2.45 bits per heavy atom. The van der Waals surface area contributed by atoms with Gasteiger partial charge in [0.2, 0.25) is 0 Å². The van der Waals surface area contributed by atoms with Crippen LogP contribution in [-0.2, 0) is 22.6 Å². The lowest BCUT2D eigenvalue weighted by atomic mass is 9.98. The number of esters is 1. The zero-order valence-electron chi connectivity index (χ0n) is 17.6. The fourth-order valence-electron chi connectivity index (χ4n) is 3.43. The molecule has 0 aromatic heterocycles. The third kappa shape index (κ3) is 6.87. The first-order valence-corrected chi connectivity index (χ1v) is 10.1. The minimum atomic E-state index is -0.400. The second kappa shape index (κ2) is 12.2. The summed E-state index contributed by atoms with van der Waals surface area (Å²) in [6.45, 7) is 2.38. The first-order chi connectivity index (χ1) is 14.6. The van der Waals surface area contributed by atoms with Gasteiger partial charge in [-0.15, -0.1) is 12.4 Å². The molecule has 0 saturated carbocycles. The van der Waals surface area contributed by atoms with Gasteiger partial charge in [0.15, 0.2) is 0 Å². The van der Waals surface area contributed by atoms with E-state index in [9.17, 15) is 9.59 Å². The first kappa shape index (κ1) is 24.5. The van der Waals surface area contributed by atoms with Crippen molar-refractivity contribution in [3.63, 3.8) is 0 Å². The van der Waals surface area contributed by atoms with Gasteiger partial charge in [0.1, 0.15) is 12.4 Å². The van der Waals surface area contributed by atoms with Gasteiger partial charge in [0.25, 0.3) is 0 Å². The van der Waals surface area contributed by atoms with Crippen LogP contribution >= 0.6 is 12.4 Å². The average molecular weight is 449 g/mol. The van der Waals surface area contributed by atoms with Gasteiger partial charge >= 0.3 is 12.1 Å². The van der Waals surface area contributed by atoms with Crippen LogP contribution in [0.25, 0.3) is 0 Å². The number of hydrogen-bond donors (Lipinski definition) is 1. The van der Waals surface area contributed by atoms with Crippen molar-refractivity contribution in [1.82, 2.24) is 4.90 Å². The first-order valence-electron chi connectivity index (χ1n) is 10.1. The lowest BCUT2D eigenvalue weighted by Crippen LogP contribution is -2.40. The van der Waals surface area contributed by atoms with Crippen LogP contribution in [0.15, 0.2) is 48.5 Å². The molecule has 3 rings (SSSR count). The van der Waals surface area contributed by atoms with Crippen LogP contribution < -0.4 is 10.5 Å². The normalized spacial score (nSPS) is 13.8. The maximum absolute atomic E-state index is 12.3. The van der Waals surface area contributed by atoms with Crippen LogP contribution in [0.3, 0.4) is 0 Å². The van der Waals surface area contributed by atoms with E-state index in [1.54, 1.807) is 23.1 Å². The zero-order chi connectivity index (χ0) is 21.3. The van der Waals surface area contributed by atoms with Crippen LogP contribution in [0.1, 0.15) is 34.3 Å². The minimum Gasteiger partial charge on any atom is -0.493 e. The van der Waals surface area contributed by atoms with E-state index in [1.807, 2.05) is 30.3 Å². The number of amides is 1. The number of methoxy groups -OCH3 is 1. The van der Waals surface area contributed by atoms with Crippen molar-refractivity contribution < 1.29 is 23.8 Å². The number of benzene rings is 2. The molecule has 1 amide bonds. The number of carbonyl (C=O) groups excluding carboxylic acids is 2. The summed E-state index contributed by atoms with van der Waals surface area (Å²) in [5.74, 6) is 0.617. The second-order valence-electron chi connectivity index (χ2n) is 7.30. The maximum atomic E-state index is 12.3. The molecule has 1 saturated heterocycles. The van der Waals surface area contributed by atoms with E-state index in [-0.39, 0.29) is 31.7 Å². The highest BCUT2D eigenvalue weighted by Gasteiger charge is 2.24. The topological polar surface area (TPSA) is 91.1 Å². The smallest absolute Gasteiger partial charge is 0.410 e. The van der Waals surface area contributed by atoms with Crippen molar-refractivity contribution in [2.24, 2.45) is 11.7 Å². The van der Waals surface area contributed by atoms with E-state index in [2.05, 4.69) is 0 Å². The molecule has 0 atom stereocenters. The third-order valence-corrected chi connectivity index (χ3v) is 5.25. The number of rotatable bonds is 7. The largest absolute Gasteiger partial charge is 0.493 e. The van der Waals surface area contributed by atoms with Crippen LogP contribution in [-0.4, -0.2) is 43.8 Å². The zero-order valence-corrected chi connectivity index (χ0v) is 18.4. The summed E-state index contributed by atoms with van der Waals surface area (Å²) in [6.07, 6.45) is 1.42. The summed E-state index contributed by atoms with van der Waals surface area (Å²) >= 11 is 0. The van der Waals surface area contributed by atoms with E-state index < -0.39 is 5.97 Å². The number of carbonyl (C=O) groups is 2. The Kier molecular flexibility index (Phi) is 9.62. The van der Waals surface area contributed by atoms with E-state index in [0.29, 0.717) is 36.9 Å². The molecule has 2 aromatic carbocycles. The molecule has 1 aliphatic rings. The van der Waals surface area contributed by atoms with Crippen LogP contribution in [0.2, 0.25) is 0 Å².